The summed E-state index contributed by atoms with van der Waals surface area (Å²) >= 11 is 0. The lowest BCUT2D eigenvalue weighted by Crippen LogP contribution is -2.51. The van der Waals surface area contributed by atoms with Crippen LogP contribution < -0.4 is 4.74 Å². The number of carbonyl (C=O) groups is 1. The molecule has 0 spiro atoms. The first kappa shape index (κ1) is 24.9. The average Bonchev–Trinajstić information content (AvgIpc) is 2.76. The van der Waals surface area contributed by atoms with Crippen LogP contribution in [0.5, 0.6) is 5.75 Å². The van der Waals surface area contributed by atoms with Crippen molar-refractivity contribution in [2.45, 2.75) is 71.4 Å². The summed E-state index contributed by atoms with van der Waals surface area (Å²) in [4.78, 5) is 12.6. The Kier molecular flexibility index (Phi) is 10.6. The van der Waals surface area contributed by atoms with Crippen molar-refractivity contribution in [2.24, 2.45) is 0 Å². The fourth-order valence-corrected chi connectivity index (χ4v) is 3.65. The second-order valence-corrected chi connectivity index (χ2v) is 8.99. The van der Waals surface area contributed by atoms with Gasteiger partial charge in [0.15, 0.2) is 6.04 Å². The average molecular weight is 427 g/mol. The molecule has 0 fully saturated rings. The predicted molar refractivity (Wildman–Crippen MR) is 127 cm³/mol. The van der Waals surface area contributed by atoms with Crippen LogP contribution in [0.4, 0.5) is 0 Å². The van der Waals surface area contributed by atoms with E-state index in [4.69, 9.17) is 9.47 Å². The molecule has 1 atom stereocenters. The highest BCUT2D eigenvalue weighted by molar-refractivity contribution is 5.74. The number of esters is 1. The highest BCUT2D eigenvalue weighted by Crippen LogP contribution is 2.18. The number of quaternary nitrogens is 1. The van der Waals surface area contributed by atoms with Crippen LogP contribution in [0, 0.1) is 0 Å². The maximum absolute atomic E-state index is 12.6. The van der Waals surface area contributed by atoms with Gasteiger partial charge in [-0.15, -0.1) is 0 Å². The van der Waals surface area contributed by atoms with Gasteiger partial charge in [0.05, 0.1) is 14.1 Å². The maximum Gasteiger partial charge on any atom is 0.367 e. The number of rotatable bonds is 14. The third-order valence-electron chi connectivity index (χ3n) is 5.97. The van der Waals surface area contributed by atoms with Gasteiger partial charge in [-0.25, -0.2) is 4.79 Å². The van der Waals surface area contributed by atoms with E-state index >= 15 is 0 Å². The Balaban J connectivity index is 1.74. The van der Waals surface area contributed by atoms with E-state index in [0.29, 0.717) is 4.48 Å². The SMILES string of the molecule is CCCCCCCCc1cccc(OCOC(=O)C(C)[N+](C)(C)Cc2ccccc2)c1. The van der Waals surface area contributed by atoms with Crippen molar-refractivity contribution in [2.75, 3.05) is 20.9 Å². The van der Waals surface area contributed by atoms with E-state index in [-0.39, 0.29) is 18.8 Å². The second kappa shape index (κ2) is 13.2. The van der Waals surface area contributed by atoms with Gasteiger partial charge in [0.25, 0.3) is 0 Å². The predicted octanol–water partition coefficient (Wildman–Crippen LogP) is 6.13. The molecular weight excluding hydrogens is 386 g/mol. The van der Waals surface area contributed by atoms with Crippen LogP contribution in [0.25, 0.3) is 0 Å². The molecular formula is C27H40NO3+. The molecule has 2 rings (SSSR count). The van der Waals surface area contributed by atoms with Crippen molar-refractivity contribution in [1.29, 1.82) is 0 Å². The summed E-state index contributed by atoms with van der Waals surface area (Å²) in [6.07, 6.45) is 8.81. The van der Waals surface area contributed by atoms with Crippen LogP contribution in [-0.2, 0) is 22.5 Å². The van der Waals surface area contributed by atoms with Crippen molar-refractivity contribution in [3.63, 3.8) is 0 Å². The van der Waals surface area contributed by atoms with Crippen molar-refractivity contribution >= 4 is 5.97 Å². The van der Waals surface area contributed by atoms with Crippen molar-refractivity contribution in [1.82, 2.24) is 0 Å². The van der Waals surface area contributed by atoms with Crippen LogP contribution in [-0.4, -0.2) is 37.4 Å². The molecule has 0 radical (unpaired) electrons. The van der Waals surface area contributed by atoms with E-state index in [1.54, 1.807) is 0 Å². The number of ether oxygens (including phenoxy) is 2. The quantitative estimate of drug-likeness (QED) is 0.158. The summed E-state index contributed by atoms with van der Waals surface area (Å²) in [5, 5.41) is 0. The minimum Gasteiger partial charge on any atom is -0.457 e. The summed E-state index contributed by atoms with van der Waals surface area (Å²) in [6, 6.07) is 18.0. The van der Waals surface area contributed by atoms with Gasteiger partial charge in [-0.2, -0.15) is 0 Å². The van der Waals surface area contributed by atoms with Gasteiger partial charge in [-0.3, -0.25) is 0 Å². The van der Waals surface area contributed by atoms with Gasteiger partial charge < -0.3 is 14.0 Å². The van der Waals surface area contributed by atoms with E-state index < -0.39 is 0 Å². The van der Waals surface area contributed by atoms with Crippen molar-refractivity contribution in [3.05, 3.63) is 65.7 Å². The molecule has 2 aromatic rings. The monoisotopic (exact) mass is 426 g/mol. The third kappa shape index (κ3) is 9.14. The summed E-state index contributed by atoms with van der Waals surface area (Å²) in [7, 11) is 4.09. The first-order chi connectivity index (χ1) is 14.9. The van der Waals surface area contributed by atoms with E-state index in [1.165, 1.54) is 49.7 Å². The Hall–Kier alpha value is -2.33. The molecule has 2 aromatic carbocycles. The van der Waals surface area contributed by atoms with Crippen LogP contribution in [0.2, 0.25) is 0 Å². The van der Waals surface area contributed by atoms with Gasteiger partial charge >= 0.3 is 5.97 Å². The number of aryl methyl sites for hydroxylation is 1. The molecule has 0 saturated carbocycles. The second-order valence-electron chi connectivity index (χ2n) is 8.99. The number of hydrogen-bond donors (Lipinski definition) is 0. The standard InChI is InChI=1S/C27H40NO3/c1-5-6-7-8-9-11-15-24-18-14-19-26(20-24)30-22-31-27(29)23(2)28(3,4)21-25-16-12-10-13-17-25/h10,12-14,16-20,23H,5-9,11,15,21-22H2,1-4H3/q+1. The molecule has 0 amide bonds. The van der Waals surface area contributed by atoms with Crippen LogP contribution in [0.15, 0.2) is 54.6 Å². The van der Waals surface area contributed by atoms with Crippen LogP contribution >= 0.6 is 0 Å². The van der Waals surface area contributed by atoms with Gasteiger partial charge in [0.1, 0.15) is 12.3 Å². The fourth-order valence-electron chi connectivity index (χ4n) is 3.65. The molecule has 0 saturated heterocycles. The normalized spacial score (nSPS) is 12.4. The first-order valence-corrected chi connectivity index (χ1v) is 11.7. The number of benzene rings is 2. The number of nitrogens with zero attached hydrogens (tertiary/aromatic N) is 1. The molecule has 0 aromatic heterocycles. The summed E-state index contributed by atoms with van der Waals surface area (Å²) in [5.41, 5.74) is 2.47. The molecule has 0 aliphatic rings. The summed E-state index contributed by atoms with van der Waals surface area (Å²) in [6.45, 7) is 4.86. The summed E-state index contributed by atoms with van der Waals surface area (Å²) < 4.78 is 11.7. The highest BCUT2D eigenvalue weighted by Gasteiger charge is 2.32. The number of hydrogen-bond acceptors (Lipinski definition) is 3. The number of unbranched alkanes of at least 4 members (excludes halogenated alkanes) is 5. The van der Waals surface area contributed by atoms with E-state index in [0.717, 1.165) is 18.7 Å². The van der Waals surface area contributed by atoms with Gasteiger partial charge in [-0.05, 0) is 37.5 Å². The minimum atomic E-state index is -0.289. The largest absolute Gasteiger partial charge is 0.457 e. The number of carbonyl (C=O) groups excluding carboxylic acids is 1. The maximum atomic E-state index is 12.6. The Morgan fingerprint density at radius 3 is 2.32 bits per heavy atom. The zero-order valence-electron chi connectivity index (χ0n) is 19.8. The van der Waals surface area contributed by atoms with E-state index in [9.17, 15) is 4.79 Å². The smallest absolute Gasteiger partial charge is 0.367 e. The molecule has 170 valence electrons. The number of likely N-dealkylation sites (N-methyl/N-ethyl adjacent to an activating group) is 1. The third-order valence-corrected chi connectivity index (χ3v) is 5.97. The zero-order valence-corrected chi connectivity index (χ0v) is 19.8. The Labute approximate surface area is 188 Å². The fraction of sp³-hybridized carbons (Fsp3) is 0.519. The topological polar surface area (TPSA) is 35.5 Å². The highest BCUT2D eigenvalue weighted by atomic mass is 16.7. The van der Waals surface area contributed by atoms with Crippen LogP contribution in [0.1, 0.15) is 63.5 Å². The van der Waals surface area contributed by atoms with E-state index in [2.05, 4.69) is 31.2 Å². The molecule has 0 N–H and O–H groups in total. The first-order valence-electron chi connectivity index (χ1n) is 11.7. The Morgan fingerprint density at radius 2 is 1.58 bits per heavy atom. The summed E-state index contributed by atoms with van der Waals surface area (Å²) in [5.74, 6) is 0.506. The lowest BCUT2D eigenvalue weighted by Gasteiger charge is -2.34. The lowest BCUT2D eigenvalue weighted by molar-refractivity contribution is -0.917. The van der Waals surface area contributed by atoms with Gasteiger partial charge in [-0.1, -0.05) is 81.5 Å². The molecule has 0 bridgehead atoms. The molecule has 0 aliphatic heterocycles. The Morgan fingerprint density at radius 1 is 0.903 bits per heavy atom. The molecule has 0 heterocycles. The van der Waals surface area contributed by atoms with Crippen LogP contribution in [0.3, 0.4) is 0 Å². The van der Waals surface area contributed by atoms with Crippen molar-refractivity contribution < 1.29 is 18.8 Å². The minimum absolute atomic E-state index is 0.0605. The molecule has 4 nitrogen and oxygen atoms in total. The Bertz CT molecular complexity index is 773. The molecule has 4 heteroatoms. The van der Waals surface area contributed by atoms with Gasteiger partial charge in [0, 0.05) is 5.56 Å². The molecule has 31 heavy (non-hydrogen) atoms. The van der Waals surface area contributed by atoms with Crippen molar-refractivity contribution in [3.8, 4) is 5.75 Å². The molecule has 0 aliphatic carbocycles. The van der Waals surface area contributed by atoms with E-state index in [1.807, 2.05) is 51.4 Å². The lowest BCUT2D eigenvalue weighted by atomic mass is 10.0. The zero-order chi connectivity index (χ0) is 22.5. The van der Waals surface area contributed by atoms with Gasteiger partial charge in [0.2, 0.25) is 6.79 Å². The molecule has 1 unspecified atom stereocenters.